The molecule has 1 atom stereocenters. The van der Waals surface area contributed by atoms with Gasteiger partial charge >= 0.3 is 0 Å². The van der Waals surface area contributed by atoms with Crippen LogP contribution in [-0.4, -0.2) is 37.1 Å². The summed E-state index contributed by atoms with van der Waals surface area (Å²) in [6, 6.07) is 6.14. The predicted molar refractivity (Wildman–Crippen MR) is 121 cm³/mol. The fourth-order valence-corrected chi connectivity index (χ4v) is 4.41. The van der Waals surface area contributed by atoms with Crippen molar-refractivity contribution < 1.29 is 0 Å². The highest BCUT2D eigenvalue weighted by Gasteiger charge is 2.24. The third-order valence-electron chi connectivity index (χ3n) is 5.02. The number of halogens is 1. The lowest BCUT2D eigenvalue weighted by Crippen LogP contribution is -2.40. The van der Waals surface area contributed by atoms with Gasteiger partial charge in [0.1, 0.15) is 5.01 Å². The van der Waals surface area contributed by atoms with Crippen LogP contribution in [0.5, 0.6) is 0 Å². The molecule has 7 heteroatoms. The SMILES string of the molecule is CCNC(=NCc1ncc(CC)s1)NCC1CCN(c2cc(Cl)ccc2C)C1. The van der Waals surface area contributed by atoms with Crippen molar-refractivity contribution in [3.8, 4) is 0 Å². The molecule has 0 aliphatic carbocycles. The van der Waals surface area contributed by atoms with Crippen LogP contribution in [0, 0.1) is 12.8 Å². The predicted octanol–water partition coefficient (Wildman–Crippen LogP) is 4.25. The fraction of sp³-hybridized carbons (Fsp3) is 0.524. The Morgan fingerprint density at radius 3 is 2.96 bits per heavy atom. The summed E-state index contributed by atoms with van der Waals surface area (Å²) in [5.41, 5.74) is 2.54. The first-order valence-corrected chi connectivity index (χ1v) is 11.2. The monoisotopic (exact) mass is 419 g/mol. The van der Waals surface area contributed by atoms with Crippen molar-refractivity contribution >= 4 is 34.6 Å². The summed E-state index contributed by atoms with van der Waals surface area (Å²) in [4.78, 5) is 12.9. The van der Waals surface area contributed by atoms with E-state index in [-0.39, 0.29) is 0 Å². The van der Waals surface area contributed by atoms with Crippen molar-refractivity contribution in [1.82, 2.24) is 15.6 Å². The van der Waals surface area contributed by atoms with Crippen LogP contribution < -0.4 is 15.5 Å². The second-order valence-electron chi connectivity index (χ2n) is 7.18. The summed E-state index contributed by atoms with van der Waals surface area (Å²) < 4.78 is 0. The average Bonchev–Trinajstić information content (AvgIpc) is 3.35. The quantitative estimate of drug-likeness (QED) is 0.520. The standard InChI is InChI=1S/C21H30ClN5S/c1-4-18-12-24-20(28-18)13-26-21(23-5-2)25-11-16-8-9-27(14-16)19-10-17(22)7-6-15(19)3/h6-7,10,12,16H,4-5,8-9,11,13-14H2,1-3H3,(H2,23,25,26). The molecule has 3 rings (SSSR count). The molecule has 1 unspecified atom stereocenters. The highest BCUT2D eigenvalue weighted by molar-refractivity contribution is 7.11. The van der Waals surface area contributed by atoms with Gasteiger partial charge < -0.3 is 15.5 Å². The molecule has 152 valence electrons. The molecule has 0 saturated carbocycles. The topological polar surface area (TPSA) is 52.6 Å². The van der Waals surface area contributed by atoms with E-state index in [2.05, 4.69) is 53.4 Å². The van der Waals surface area contributed by atoms with E-state index in [1.807, 2.05) is 12.3 Å². The van der Waals surface area contributed by atoms with E-state index in [4.69, 9.17) is 16.6 Å². The molecule has 2 heterocycles. The largest absolute Gasteiger partial charge is 0.371 e. The molecule has 1 aromatic carbocycles. The Kier molecular flexibility index (Phi) is 7.57. The summed E-state index contributed by atoms with van der Waals surface area (Å²) in [5, 5.41) is 8.73. The summed E-state index contributed by atoms with van der Waals surface area (Å²) in [6.45, 7) is 10.9. The number of nitrogens with one attached hydrogen (secondary N) is 2. The maximum absolute atomic E-state index is 6.20. The summed E-state index contributed by atoms with van der Waals surface area (Å²) in [7, 11) is 0. The minimum absolute atomic E-state index is 0.591. The maximum Gasteiger partial charge on any atom is 0.191 e. The molecule has 5 nitrogen and oxygen atoms in total. The molecule has 1 aliphatic heterocycles. The van der Waals surface area contributed by atoms with Gasteiger partial charge in [-0.2, -0.15) is 0 Å². The van der Waals surface area contributed by atoms with E-state index in [9.17, 15) is 0 Å². The molecule has 2 N–H and O–H groups in total. The van der Waals surface area contributed by atoms with Crippen molar-refractivity contribution in [2.75, 3.05) is 31.1 Å². The van der Waals surface area contributed by atoms with Gasteiger partial charge in [-0.3, -0.25) is 0 Å². The molecule has 1 aromatic heterocycles. The Morgan fingerprint density at radius 1 is 1.36 bits per heavy atom. The molecule has 28 heavy (non-hydrogen) atoms. The van der Waals surface area contributed by atoms with E-state index >= 15 is 0 Å². The van der Waals surface area contributed by atoms with E-state index in [1.54, 1.807) is 11.3 Å². The molecule has 1 aliphatic rings. The minimum atomic E-state index is 0.591. The van der Waals surface area contributed by atoms with Crippen LogP contribution >= 0.6 is 22.9 Å². The van der Waals surface area contributed by atoms with E-state index < -0.39 is 0 Å². The molecule has 2 aromatic rings. The zero-order chi connectivity index (χ0) is 19.9. The molecular formula is C21H30ClN5S. The Bertz CT molecular complexity index is 804. The maximum atomic E-state index is 6.20. The third-order valence-corrected chi connectivity index (χ3v) is 6.38. The number of aliphatic imine (C=N–C) groups is 1. The number of guanidine groups is 1. The Labute approximate surface area is 177 Å². The highest BCUT2D eigenvalue weighted by atomic mass is 35.5. The van der Waals surface area contributed by atoms with Gasteiger partial charge in [-0.25, -0.2) is 9.98 Å². The zero-order valence-corrected chi connectivity index (χ0v) is 18.5. The summed E-state index contributed by atoms with van der Waals surface area (Å²) >= 11 is 7.94. The lowest BCUT2D eigenvalue weighted by Gasteiger charge is -2.21. The summed E-state index contributed by atoms with van der Waals surface area (Å²) in [6.07, 6.45) is 4.16. The van der Waals surface area contributed by atoms with Crippen LogP contribution in [0.3, 0.4) is 0 Å². The third kappa shape index (κ3) is 5.61. The van der Waals surface area contributed by atoms with Crippen LogP contribution in [-0.2, 0) is 13.0 Å². The van der Waals surface area contributed by atoms with Gasteiger partial charge in [-0.1, -0.05) is 24.6 Å². The molecule has 1 saturated heterocycles. The second kappa shape index (κ2) is 10.1. The van der Waals surface area contributed by atoms with Crippen LogP contribution in [0.4, 0.5) is 5.69 Å². The van der Waals surface area contributed by atoms with Crippen LogP contribution in [0.1, 0.15) is 35.7 Å². The minimum Gasteiger partial charge on any atom is -0.371 e. The van der Waals surface area contributed by atoms with Gasteiger partial charge in [-0.15, -0.1) is 11.3 Å². The lowest BCUT2D eigenvalue weighted by molar-refractivity contribution is 0.565. The van der Waals surface area contributed by atoms with Gasteiger partial charge in [0.2, 0.25) is 0 Å². The van der Waals surface area contributed by atoms with Gasteiger partial charge in [-0.05, 0) is 50.3 Å². The number of rotatable bonds is 7. The number of hydrogen-bond acceptors (Lipinski definition) is 4. The zero-order valence-electron chi connectivity index (χ0n) is 17.0. The van der Waals surface area contributed by atoms with Crippen LogP contribution in [0.25, 0.3) is 0 Å². The first kappa shape index (κ1) is 20.9. The number of hydrogen-bond donors (Lipinski definition) is 2. The van der Waals surface area contributed by atoms with Crippen molar-refractivity contribution in [3.05, 3.63) is 44.9 Å². The number of aryl methyl sites for hydroxylation is 2. The van der Waals surface area contributed by atoms with Crippen molar-refractivity contribution in [2.24, 2.45) is 10.9 Å². The molecule has 1 fully saturated rings. The number of anilines is 1. The number of aromatic nitrogens is 1. The normalized spacial score (nSPS) is 17.2. The smallest absolute Gasteiger partial charge is 0.191 e. The molecular weight excluding hydrogens is 390 g/mol. The number of nitrogens with zero attached hydrogens (tertiary/aromatic N) is 3. The van der Waals surface area contributed by atoms with Crippen molar-refractivity contribution in [1.29, 1.82) is 0 Å². The Morgan fingerprint density at radius 2 is 2.21 bits per heavy atom. The second-order valence-corrected chi connectivity index (χ2v) is 8.82. The number of benzene rings is 1. The Hall–Kier alpha value is -1.79. The van der Waals surface area contributed by atoms with E-state index in [0.717, 1.165) is 48.6 Å². The Balaban J connectivity index is 1.54. The van der Waals surface area contributed by atoms with Crippen molar-refractivity contribution in [2.45, 2.75) is 40.2 Å². The van der Waals surface area contributed by atoms with Gasteiger partial charge in [0.15, 0.2) is 5.96 Å². The lowest BCUT2D eigenvalue weighted by atomic mass is 10.1. The van der Waals surface area contributed by atoms with E-state index in [1.165, 1.54) is 22.5 Å². The van der Waals surface area contributed by atoms with Gasteiger partial charge in [0.25, 0.3) is 0 Å². The van der Waals surface area contributed by atoms with Gasteiger partial charge in [0.05, 0.1) is 6.54 Å². The molecule has 0 radical (unpaired) electrons. The summed E-state index contributed by atoms with van der Waals surface area (Å²) in [5.74, 6) is 1.46. The first-order chi connectivity index (χ1) is 13.6. The number of thiazole rings is 1. The van der Waals surface area contributed by atoms with Gasteiger partial charge in [0, 0.05) is 48.0 Å². The molecule has 0 bridgehead atoms. The first-order valence-electron chi connectivity index (χ1n) is 10.1. The van der Waals surface area contributed by atoms with Crippen LogP contribution in [0.15, 0.2) is 29.4 Å². The molecule has 0 spiro atoms. The van der Waals surface area contributed by atoms with E-state index in [0.29, 0.717) is 12.5 Å². The van der Waals surface area contributed by atoms with Crippen LogP contribution in [0.2, 0.25) is 5.02 Å². The fourth-order valence-electron chi connectivity index (χ4n) is 3.46. The highest BCUT2D eigenvalue weighted by Crippen LogP contribution is 2.29. The average molecular weight is 420 g/mol. The van der Waals surface area contributed by atoms with Crippen molar-refractivity contribution in [3.63, 3.8) is 0 Å². The molecule has 0 amide bonds.